The summed E-state index contributed by atoms with van der Waals surface area (Å²) in [6.07, 6.45) is 1.83. The number of nitrogens with zero attached hydrogens (tertiary/aromatic N) is 2. The highest BCUT2D eigenvalue weighted by atomic mass is 19.1. The molecule has 3 N–H and O–H groups in total. The van der Waals surface area contributed by atoms with E-state index in [1.807, 2.05) is 13.8 Å². The maximum Gasteiger partial charge on any atom is 0.270 e. The van der Waals surface area contributed by atoms with Gasteiger partial charge in [0.05, 0.1) is 0 Å². The van der Waals surface area contributed by atoms with Crippen LogP contribution in [0.25, 0.3) is 5.70 Å². The number of nitrogens with two attached hydrogens (primary N) is 1. The van der Waals surface area contributed by atoms with E-state index >= 15 is 0 Å². The minimum atomic E-state index is -0.667. The lowest BCUT2D eigenvalue weighted by Crippen LogP contribution is -2.11. The van der Waals surface area contributed by atoms with Crippen molar-refractivity contribution in [3.63, 3.8) is 0 Å². The zero-order chi connectivity index (χ0) is 17.7. The van der Waals surface area contributed by atoms with E-state index in [0.717, 1.165) is 16.8 Å². The van der Waals surface area contributed by atoms with Crippen molar-refractivity contribution in [3.8, 4) is 0 Å². The second-order valence-electron chi connectivity index (χ2n) is 5.33. The molecule has 2 rings (SSSR count). The van der Waals surface area contributed by atoms with Crippen LogP contribution in [0, 0.1) is 12.7 Å². The molecular weight excluding hydrogens is 311 g/mol. The molecule has 0 saturated heterocycles. The Morgan fingerprint density at radius 3 is 2.83 bits per heavy atom. The largest absolute Gasteiger partial charge is 0.442 e. The van der Waals surface area contributed by atoms with Gasteiger partial charge in [0.25, 0.3) is 5.91 Å². The lowest BCUT2D eigenvalue weighted by Gasteiger charge is -2.10. The van der Waals surface area contributed by atoms with Crippen molar-refractivity contribution < 1.29 is 13.6 Å². The number of aliphatic imine (C=N–C) groups is 1. The molecule has 1 amide bonds. The van der Waals surface area contributed by atoms with Gasteiger partial charge in [-0.1, -0.05) is 0 Å². The third-order valence-electron chi connectivity index (χ3n) is 3.53. The molecule has 7 heteroatoms. The zero-order valence-electron chi connectivity index (χ0n) is 13.6. The maximum atomic E-state index is 13.1. The summed E-state index contributed by atoms with van der Waals surface area (Å²) in [7, 11) is 0. The van der Waals surface area contributed by atoms with E-state index in [0.29, 0.717) is 18.7 Å². The molecule has 0 saturated carbocycles. The Labute approximate surface area is 139 Å². The van der Waals surface area contributed by atoms with E-state index in [9.17, 15) is 9.18 Å². The number of hydrogen-bond acceptors (Lipinski definition) is 5. The summed E-state index contributed by atoms with van der Waals surface area (Å²) >= 11 is 0. The monoisotopic (exact) mass is 330 g/mol. The molecular formula is C17H19FN4O2. The molecule has 0 unspecified atom stereocenters. The van der Waals surface area contributed by atoms with Crippen molar-refractivity contribution in [1.82, 2.24) is 4.98 Å². The predicted molar refractivity (Wildman–Crippen MR) is 91.4 cm³/mol. The van der Waals surface area contributed by atoms with Crippen LogP contribution in [0.2, 0.25) is 0 Å². The minimum Gasteiger partial charge on any atom is -0.442 e. The molecule has 1 aromatic heterocycles. The topological polar surface area (TPSA) is 93.5 Å². The van der Waals surface area contributed by atoms with Crippen molar-refractivity contribution in [2.24, 2.45) is 10.7 Å². The number of aryl methyl sites for hydroxylation is 1. The summed E-state index contributed by atoms with van der Waals surface area (Å²) in [4.78, 5) is 19.0. The van der Waals surface area contributed by atoms with E-state index in [1.165, 1.54) is 18.4 Å². The van der Waals surface area contributed by atoms with Gasteiger partial charge in [-0.3, -0.25) is 9.79 Å². The highest BCUT2D eigenvalue weighted by Gasteiger charge is 2.14. The molecule has 0 atom stereocenters. The fourth-order valence-electron chi connectivity index (χ4n) is 2.21. The van der Waals surface area contributed by atoms with Crippen molar-refractivity contribution >= 4 is 24.0 Å². The van der Waals surface area contributed by atoms with Crippen LogP contribution in [-0.4, -0.2) is 24.2 Å². The van der Waals surface area contributed by atoms with E-state index in [-0.39, 0.29) is 17.4 Å². The molecule has 0 aliphatic carbocycles. The third-order valence-corrected chi connectivity index (χ3v) is 3.53. The van der Waals surface area contributed by atoms with Gasteiger partial charge in [0.2, 0.25) is 5.89 Å². The Hall–Kier alpha value is -2.96. The zero-order valence-corrected chi connectivity index (χ0v) is 13.6. The predicted octanol–water partition coefficient (Wildman–Crippen LogP) is 3.15. The SMILES string of the molecule is C=NC(=C(C)CCNc1ccc(F)cc1C)c1nc(C(N)=O)co1. The maximum absolute atomic E-state index is 13.1. The highest BCUT2D eigenvalue weighted by Crippen LogP contribution is 2.22. The van der Waals surface area contributed by atoms with Crippen LogP contribution in [0.15, 0.2) is 39.4 Å². The summed E-state index contributed by atoms with van der Waals surface area (Å²) in [6, 6.07) is 4.58. The van der Waals surface area contributed by atoms with Gasteiger partial charge in [0.15, 0.2) is 5.69 Å². The molecule has 1 heterocycles. The summed E-state index contributed by atoms with van der Waals surface area (Å²) in [6.45, 7) is 7.84. The average Bonchev–Trinajstić information content (AvgIpc) is 3.00. The first-order valence-corrected chi connectivity index (χ1v) is 7.34. The molecule has 0 spiro atoms. The van der Waals surface area contributed by atoms with E-state index < -0.39 is 5.91 Å². The van der Waals surface area contributed by atoms with Gasteiger partial charge in [-0.2, -0.15) is 0 Å². The number of oxazole rings is 1. The lowest BCUT2D eigenvalue weighted by molar-refractivity contribution is 0.0995. The Morgan fingerprint density at radius 1 is 1.50 bits per heavy atom. The van der Waals surface area contributed by atoms with Gasteiger partial charge < -0.3 is 15.5 Å². The van der Waals surface area contributed by atoms with Gasteiger partial charge in [-0.25, -0.2) is 9.37 Å². The van der Waals surface area contributed by atoms with Crippen molar-refractivity contribution in [2.75, 3.05) is 11.9 Å². The number of carbonyl (C=O) groups is 1. The first-order valence-electron chi connectivity index (χ1n) is 7.34. The van der Waals surface area contributed by atoms with Crippen LogP contribution < -0.4 is 11.1 Å². The van der Waals surface area contributed by atoms with E-state index in [1.54, 1.807) is 6.07 Å². The van der Waals surface area contributed by atoms with Gasteiger partial charge in [-0.15, -0.1) is 0 Å². The molecule has 0 radical (unpaired) electrons. The highest BCUT2D eigenvalue weighted by molar-refractivity contribution is 5.90. The van der Waals surface area contributed by atoms with Gasteiger partial charge in [0, 0.05) is 12.2 Å². The van der Waals surface area contributed by atoms with Crippen LogP contribution >= 0.6 is 0 Å². The molecule has 0 bridgehead atoms. The van der Waals surface area contributed by atoms with Gasteiger partial charge in [0.1, 0.15) is 17.8 Å². The number of primary amides is 1. The number of benzene rings is 1. The molecule has 2 aromatic rings. The van der Waals surface area contributed by atoms with Crippen LogP contribution in [0.3, 0.4) is 0 Å². The quantitative estimate of drug-likeness (QED) is 0.763. The van der Waals surface area contributed by atoms with Crippen LogP contribution in [0.1, 0.15) is 35.3 Å². The van der Waals surface area contributed by atoms with E-state index in [2.05, 4.69) is 22.0 Å². The summed E-state index contributed by atoms with van der Waals surface area (Å²) in [5.74, 6) is -0.727. The van der Waals surface area contributed by atoms with Crippen LogP contribution in [-0.2, 0) is 0 Å². The summed E-state index contributed by atoms with van der Waals surface area (Å²) < 4.78 is 18.3. The number of amides is 1. The Bertz CT molecular complexity index is 796. The first-order chi connectivity index (χ1) is 11.4. The number of halogens is 1. The number of rotatable bonds is 7. The molecule has 0 aliphatic rings. The number of carbonyl (C=O) groups excluding carboxylic acids is 1. The Balaban J connectivity index is 2.07. The van der Waals surface area contributed by atoms with Crippen LogP contribution in [0.4, 0.5) is 10.1 Å². The second-order valence-corrected chi connectivity index (χ2v) is 5.33. The van der Waals surface area contributed by atoms with Crippen molar-refractivity contribution in [3.05, 3.63) is 53.0 Å². The smallest absolute Gasteiger partial charge is 0.270 e. The second kappa shape index (κ2) is 7.54. The molecule has 0 aliphatic heterocycles. The Kier molecular flexibility index (Phi) is 5.47. The normalized spacial score (nSPS) is 11.8. The molecule has 0 fully saturated rings. The fourth-order valence-corrected chi connectivity index (χ4v) is 2.21. The van der Waals surface area contributed by atoms with Crippen molar-refractivity contribution in [1.29, 1.82) is 0 Å². The molecule has 126 valence electrons. The molecule has 24 heavy (non-hydrogen) atoms. The first kappa shape index (κ1) is 17.4. The fraction of sp³-hybridized carbons (Fsp3) is 0.235. The lowest BCUT2D eigenvalue weighted by atomic mass is 10.1. The van der Waals surface area contributed by atoms with Gasteiger partial charge >= 0.3 is 0 Å². The number of nitrogens with one attached hydrogen (secondary N) is 1. The molecule has 6 nitrogen and oxygen atoms in total. The number of hydrogen-bond donors (Lipinski definition) is 2. The van der Waals surface area contributed by atoms with Gasteiger partial charge in [-0.05, 0) is 56.3 Å². The molecule has 1 aromatic carbocycles. The summed E-state index contributed by atoms with van der Waals surface area (Å²) in [5, 5.41) is 3.24. The number of aromatic nitrogens is 1. The minimum absolute atomic E-state index is 0.0408. The third kappa shape index (κ3) is 4.07. The van der Waals surface area contributed by atoms with Crippen LogP contribution in [0.5, 0.6) is 0 Å². The summed E-state index contributed by atoms with van der Waals surface area (Å²) in [5.41, 5.74) is 8.25. The average molecular weight is 330 g/mol. The van der Waals surface area contributed by atoms with E-state index in [4.69, 9.17) is 10.2 Å². The standard InChI is InChI=1S/C17H19FN4O2/c1-10(6-7-21-13-5-4-12(18)8-11(13)2)15(20-3)17-22-14(9-24-17)16(19)23/h4-5,8-9,21H,3,6-7H2,1-2H3,(H2,19,23). The Morgan fingerprint density at radius 2 is 2.25 bits per heavy atom. The van der Waals surface area contributed by atoms with Crippen molar-refractivity contribution in [2.45, 2.75) is 20.3 Å². The number of anilines is 1.